The van der Waals surface area contributed by atoms with Gasteiger partial charge in [-0.25, -0.2) is 0 Å². The first-order valence-corrected chi connectivity index (χ1v) is 7.69. The molecule has 0 N–H and O–H groups in total. The number of hydrogen-bond acceptors (Lipinski definition) is 1. The van der Waals surface area contributed by atoms with Crippen molar-refractivity contribution in [2.45, 2.75) is 71.6 Å². The van der Waals surface area contributed by atoms with Crippen LogP contribution in [0.15, 0.2) is 18.2 Å². The van der Waals surface area contributed by atoms with E-state index in [9.17, 15) is 0 Å². The molecule has 0 spiro atoms. The van der Waals surface area contributed by atoms with Crippen LogP contribution in [0.4, 0.5) is 0 Å². The fourth-order valence-electron chi connectivity index (χ4n) is 2.03. The Bertz CT molecular complexity index is 343. The van der Waals surface area contributed by atoms with Crippen LogP contribution in [0.25, 0.3) is 0 Å². The minimum Gasteiger partial charge on any atom is -1.00 e. The summed E-state index contributed by atoms with van der Waals surface area (Å²) in [5.74, 6) is 0.876. The van der Waals surface area contributed by atoms with Gasteiger partial charge in [-0.1, -0.05) is 65.2 Å². The molecule has 0 saturated heterocycles. The van der Waals surface area contributed by atoms with E-state index in [-0.39, 0.29) is 45.4 Å². The van der Waals surface area contributed by atoms with Crippen LogP contribution in [0.1, 0.15) is 71.8 Å². The Morgan fingerprint density at radius 3 is 2.14 bits per heavy atom. The number of benzene rings is 1. The van der Waals surface area contributed by atoms with Gasteiger partial charge in [-0.3, -0.25) is 0 Å². The molecule has 116 valence electrons. The molecule has 21 heavy (non-hydrogen) atoms. The largest absolute Gasteiger partial charge is 2.00 e. The van der Waals surface area contributed by atoms with Gasteiger partial charge in [0.1, 0.15) is 0 Å². The van der Waals surface area contributed by atoms with Crippen molar-refractivity contribution in [1.82, 2.24) is 0 Å². The van der Waals surface area contributed by atoms with Crippen molar-refractivity contribution < 1.29 is 21.7 Å². The summed E-state index contributed by atoms with van der Waals surface area (Å²) in [4.78, 5) is 0. The molecule has 3 heteroatoms. The van der Waals surface area contributed by atoms with Crippen molar-refractivity contribution in [3.05, 3.63) is 29.8 Å². The van der Waals surface area contributed by atoms with Crippen LogP contribution < -0.4 is 21.7 Å². The zero-order valence-electron chi connectivity index (χ0n) is 14.2. The maximum absolute atomic E-state index is 5.72. The maximum atomic E-state index is 5.72. The van der Waals surface area contributed by atoms with Gasteiger partial charge >= 0.3 is 23.1 Å². The van der Waals surface area contributed by atoms with Crippen molar-refractivity contribution >= 4 is 23.1 Å². The molecule has 0 aliphatic heterocycles. The first-order chi connectivity index (χ1) is 9.04. The molecule has 0 unspecified atom stereocenters. The second-order valence-corrected chi connectivity index (χ2v) is 6.31. The van der Waals surface area contributed by atoms with Crippen molar-refractivity contribution in [2.24, 2.45) is 0 Å². The van der Waals surface area contributed by atoms with Gasteiger partial charge in [0.25, 0.3) is 0 Å². The van der Waals surface area contributed by atoms with Gasteiger partial charge in [0.2, 0.25) is 0 Å². The molecule has 0 aliphatic rings. The van der Waals surface area contributed by atoms with Crippen LogP contribution >= 0.6 is 0 Å². The Hall–Kier alpha value is 0.266. The molecule has 0 radical (unpaired) electrons. The average molecular weight is 366 g/mol. The Balaban J connectivity index is 0. The third kappa shape index (κ3) is 10.6. The van der Waals surface area contributed by atoms with Gasteiger partial charge in [-0.15, -0.1) is 12.1 Å². The van der Waals surface area contributed by atoms with Crippen molar-refractivity contribution in [1.29, 1.82) is 0 Å². The molecule has 0 bridgehead atoms. The summed E-state index contributed by atoms with van der Waals surface area (Å²) >= 11 is 0. The Morgan fingerprint density at radius 1 is 1.00 bits per heavy atom. The van der Waals surface area contributed by atoms with Crippen molar-refractivity contribution in [3.63, 3.8) is 0 Å². The summed E-state index contributed by atoms with van der Waals surface area (Å²) < 4.78 is 5.72. The van der Waals surface area contributed by atoms with Crippen LogP contribution in [-0.2, 0) is 5.41 Å². The van der Waals surface area contributed by atoms with Gasteiger partial charge in [0, 0.05) is 5.75 Å². The molecule has 0 aliphatic carbocycles. The zero-order chi connectivity index (χ0) is 14.1. The van der Waals surface area contributed by atoms with E-state index >= 15 is 0 Å². The van der Waals surface area contributed by atoms with Gasteiger partial charge in [-0.2, -0.15) is 17.7 Å². The van der Waals surface area contributed by atoms with Crippen LogP contribution in [-0.4, -0.2) is 29.7 Å². The van der Waals surface area contributed by atoms with E-state index in [1.54, 1.807) is 0 Å². The summed E-state index contributed by atoms with van der Waals surface area (Å²) in [6, 6.07) is 9.47. The number of hydrogen-bond donors (Lipinski definition) is 0. The van der Waals surface area contributed by atoms with E-state index in [4.69, 9.17) is 4.74 Å². The minimum absolute atomic E-state index is 0. The SMILES string of the molecule is CCCCCCCCOc1[c-]cc(C(C)(C)C)cc1.[Br-].[Mg+2]. The molecule has 0 atom stereocenters. The summed E-state index contributed by atoms with van der Waals surface area (Å²) in [5.41, 5.74) is 1.49. The van der Waals surface area contributed by atoms with Gasteiger partial charge in [-0.05, 0) is 6.42 Å². The Kier molecular flexibility index (Phi) is 14.3. The third-order valence-corrected chi connectivity index (χ3v) is 3.41. The molecule has 0 saturated carbocycles. The molecule has 0 aromatic heterocycles. The summed E-state index contributed by atoms with van der Waals surface area (Å²) in [6.07, 6.45) is 7.81. The molecule has 0 heterocycles. The first-order valence-electron chi connectivity index (χ1n) is 7.69. The van der Waals surface area contributed by atoms with Crippen molar-refractivity contribution in [2.75, 3.05) is 6.61 Å². The number of halogens is 1. The normalized spacial score (nSPS) is 10.5. The molecule has 1 rings (SSSR count). The fraction of sp³-hybridized carbons (Fsp3) is 0.667. The quantitative estimate of drug-likeness (QED) is 0.390. The molecule has 1 nitrogen and oxygen atoms in total. The van der Waals surface area contributed by atoms with Crippen LogP contribution in [0.3, 0.4) is 0 Å². The van der Waals surface area contributed by atoms with Crippen LogP contribution in [0.5, 0.6) is 5.75 Å². The summed E-state index contributed by atoms with van der Waals surface area (Å²) in [5, 5.41) is 0. The van der Waals surface area contributed by atoms with Gasteiger partial charge < -0.3 is 21.7 Å². The van der Waals surface area contributed by atoms with E-state index in [0.29, 0.717) is 0 Å². The standard InChI is InChI=1S/C18H29O.BrH.Mg/c1-5-6-7-8-9-10-15-19-17-13-11-16(12-14-17)18(2,3)4;;/h11-13H,5-10,15H2,1-4H3;1H;/q-1;;+2/p-1. The van der Waals surface area contributed by atoms with Gasteiger partial charge in [0.15, 0.2) is 0 Å². The Labute approximate surface area is 158 Å². The van der Waals surface area contributed by atoms with Crippen LogP contribution in [0.2, 0.25) is 0 Å². The monoisotopic (exact) mass is 364 g/mol. The van der Waals surface area contributed by atoms with E-state index in [1.165, 1.54) is 37.7 Å². The van der Waals surface area contributed by atoms with E-state index < -0.39 is 0 Å². The molecule has 0 amide bonds. The third-order valence-electron chi connectivity index (χ3n) is 3.41. The van der Waals surface area contributed by atoms with Crippen LogP contribution in [0, 0.1) is 6.07 Å². The number of unbranched alkanes of at least 4 members (excludes halogenated alkanes) is 5. The molecule has 0 fully saturated rings. The van der Waals surface area contributed by atoms with E-state index in [0.717, 1.165) is 18.8 Å². The smallest absolute Gasteiger partial charge is 1.00 e. The second kappa shape index (κ2) is 12.8. The molecule has 1 aromatic carbocycles. The van der Waals surface area contributed by atoms with Gasteiger partial charge in [0.05, 0.1) is 6.61 Å². The predicted molar refractivity (Wildman–Crippen MR) is 88.6 cm³/mol. The molecular formula is C18H29BrMgO. The minimum atomic E-state index is 0. The Morgan fingerprint density at radius 2 is 1.62 bits per heavy atom. The summed E-state index contributed by atoms with van der Waals surface area (Å²) in [7, 11) is 0. The predicted octanol–water partition coefficient (Wildman–Crippen LogP) is 2.15. The first kappa shape index (κ1) is 23.5. The van der Waals surface area contributed by atoms with E-state index in [1.807, 2.05) is 6.07 Å². The fourth-order valence-corrected chi connectivity index (χ4v) is 2.03. The van der Waals surface area contributed by atoms with E-state index in [2.05, 4.69) is 45.9 Å². The topological polar surface area (TPSA) is 9.23 Å². The maximum Gasteiger partial charge on any atom is 2.00 e. The number of ether oxygens (including phenoxy) is 1. The molecular weight excluding hydrogens is 336 g/mol. The summed E-state index contributed by atoms with van der Waals surface area (Å²) in [6.45, 7) is 9.71. The second-order valence-electron chi connectivity index (χ2n) is 6.31. The average Bonchev–Trinajstić information content (AvgIpc) is 2.37. The molecule has 1 aromatic rings. The number of rotatable bonds is 8. The zero-order valence-corrected chi connectivity index (χ0v) is 17.2. The van der Waals surface area contributed by atoms with Crippen molar-refractivity contribution in [3.8, 4) is 5.75 Å².